The summed E-state index contributed by atoms with van der Waals surface area (Å²) in [5.74, 6) is -0.735. The average Bonchev–Trinajstić information content (AvgIpc) is 2.07. The number of phenols is 1. The zero-order valence-corrected chi connectivity index (χ0v) is 6.84. The number of carbonyl (C=O) groups excluding carboxylic acids is 1. The van der Waals surface area contributed by atoms with Gasteiger partial charge in [-0.3, -0.25) is 10.1 Å². The second-order valence-corrected chi connectivity index (χ2v) is 2.33. The second-order valence-electron chi connectivity index (χ2n) is 2.33. The van der Waals surface area contributed by atoms with Gasteiger partial charge in [0.05, 0.1) is 11.0 Å². The average molecular weight is 198 g/mol. The van der Waals surface area contributed by atoms with Gasteiger partial charge >= 0.3 is 6.09 Å². The lowest BCUT2D eigenvalue weighted by Crippen LogP contribution is -2.16. The molecule has 0 aliphatic heterocycles. The first kappa shape index (κ1) is 9.78. The monoisotopic (exact) mass is 198 g/mol. The van der Waals surface area contributed by atoms with Crippen LogP contribution >= 0.6 is 0 Å². The maximum absolute atomic E-state index is 10.3. The molecule has 1 aromatic rings. The van der Waals surface area contributed by atoms with Crippen molar-refractivity contribution in [3.8, 4) is 11.5 Å². The largest absolute Gasteiger partial charge is 0.504 e. The maximum Gasteiger partial charge on any atom is 0.410 e. The highest BCUT2D eigenvalue weighted by molar-refractivity contribution is 5.69. The quantitative estimate of drug-likeness (QED) is 0.537. The second kappa shape index (κ2) is 3.60. The number of aromatic hydroxyl groups is 1. The van der Waals surface area contributed by atoms with Gasteiger partial charge in [-0.1, -0.05) is 0 Å². The van der Waals surface area contributed by atoms with Crippen LogP contribution in [0.15, 0.2) is 18.2 Å². The zero-order valence-electron chi connectivity index (χ0n) is 6.84. The summed E-state index contributed by atoms with van der Waals surface area (Å²) < 4.78 is 4.32. The number of ether oxygens (including phenoxy) is 1. The first-order valence-corrected chi connectivity index (χ1v) is 3.45. The van der Waals surface area contributed by atoms with Crippen molar-refractivity contribution in [1.29, 1.82) is 0 Å². The Labute approximate surface area is 77.9 Å². The number of hydrogen-bond donors (Lipinski definition) is 2. The fourth-order valence-electron chi connectivity index (χ4n) is 0.806. The Kier molecular flexibility index (Phi) is 2.52. The van der Waals surface area contributed by atoms with E-state index in [0.717, 1.165) is 18.2 Å². The molecule has 0 heterocycles. The lowest BCUT2D eigenvalue weighted by atomic mass is 10.3. The summed E-state index contributed by atoms with van der Waals surface area (Å²) in [5, 5.41) is 19.4. The van der Waals surface area contributed by atoms with Crippen molar-refractivity contribution in [3.63, 3.8) is 0 Å². The van der Waals surface area contributed by atoms with Gasteiger partial charge < -0.3 is 15.6 Å². The Balaban J connectivity index is 3.08. The fraction of sp³-hybridized carbons (Fsp3) is 0. The molecule has 0 aliphatic rings. The smallest absolute Gasteiger partial charge is 0.410 e. The SMILES string of the molecule is NC(=O)Oc1cc([N+](=O)[O-])ccc1O. The Bertz CT molecular complexity index is 390. The molecule has 3 N–H and O–H groups in total. The third kappa shape index (κ3) is 2.09. The van der Waals surface area contributed by atoms with Crippen molar-refractivity contribution in [3.05, 3.63) is 28.3 Å². The molecule has 0 saturated heterocycles. The normalized spacial score (nSPS) is 9.43. The number of carbonyl (C=O) groups is 1. The van der Waals surface area contributed by atoms with Crippen LogP contribution in [0.2, 0.25) is 0 Å². The number of amides is 1. The van der Waals surface area contributed by atoms with Gasteiger partial charge in [-0.05, 0) is 6.07 Å². The number of benzene rings is 1. The van der Waals surface area contributed by atoms with E-state index >= 15 is 0 Å². The van der Waals surface area contributed by atoms with Crippen molar-refractivity contribution >= 4 is 11.8 Å². The van der Waals surface area contributed by atoms with E-state index in [-0.39, 0.29) is 11.4 Å². The molecule has 0 atom stereocenters. The van der Waals surface area contributed by atoms with Crippen molar-refractivity contribution < 1.29 is 19.6 Å². The summed E-state index contributed by atoms with van der Waals surface area (Å²) in [6.45, 7) is 0. The van der Waals surface area contributed by atoms with Crippen molar-refractivity contribution in [2.75, 3.05) is 0 Å². The molecule has 0 unspecified atom stereocenters. The molecule has 0 saturated carbocycles. The van der Waals surface area contributed by atoms with E-state index in [1.165, 1.54) is 0 Å². The summed E-state index contributed by atoms with van der Waals surface area (Å²) in [7, 11) is 0. The zero-order chi connectivity index (χ0) is 10.7. The van der Waals surface area contributed by atoms with Crippen LogP contribution in [0.4, 0.5) is 10.5 Å². The van der Waals surface area contributed by atoms with Crippen LogP contribution in [-0.2, 0) is 0 Å². The first-order valence-electron chi connectivity index (χ1n) is 3.45. The molecule has 1 rings (SSSR count). The predicted octanol–water partition coefficient (Wildman–Crippen LogP) is 0.758. The summed E-state index contributed by atoms with van der Waals surface area (Å²) in [6.07, 6.45) is -1.15. The van der Waals surface area contributed by atoms with E-state index in [1.807, 2.05) is 0 Å². The highest BCUT2D eigenvalue weighted by Crippen LogP contribution is 2.29. The number of nitrogens with two attached hydrogens (primary N) is 1. The summed E-state index contributed by atoms with van der Waals surface area (Å²) in [4.78, 5) is 19.9. The minimum Gasteiger partial charge on any atom is -0.504 e. The van der Waals surface area contributed by atoms with E-state index in [1.54, 1.807) is 0 Å². The lowest BCUT2D eigenvalue weighted by molar-refractivity contribution is -0.384. The highest BCUT2D eigenvalue weighted by Gasteiger charge is 2.12. The highest BCUT2D eigenvalue weighted by atomic mass is 16.6. The molecule has 1 aromatic carbocycles. The van der Waals surface area contributed by atoms with Gasteiger partial charge in [0.25, 0.3) is 5.69 Å². The molecule has 0 fully saturated rings. The molecule has 14 heavy (non-hydrogen) atoms. The van der Waals surface area contributed by atoms with Crippen LogP contribution < -0.4 is 10.5 Å². The molecule has 0 aromatic heterocycles. The minimum atomic E-state index is -1.15. The maximum atomic E-state index is 10.3. The van der Waals surface area contributed by atoms with Gasteiger partial charge in [0.15, 0.2) is 11.5 Å². The van der Waals surface area contributed by atoms with Crippen LogP contribution in [0.1, 0.15) is 0 Å². The molecule has 1 amide bonds. The van der Waals surface area contributed by atoms with Crippen LogP contribution in [-0.4, -0.2) is 16.1 Å². The van der Waals surface area contributed by atoms with Gasteiger partial charge in [0.2, 0.25) is 0 Å². The summed E-state index contributed by atoms with van der Waals surface area (Å²) >= 11 is 0. The van der Waals surface area contributed by atoms with E-state index in [9.17, 15) is 14.9 Å². The minimum absolute atomic E-state index is 0.306. The molecule has 7 nitrogen and oxygen atoms in total. The Morgan fingerprint density at radius 3 is 2.71 bits per heavy atom. The molecular weight excluding hydrogens is 192 g/mol. The van der Waals surface area contributed by atoms with Crippen molar-refractivity contribution in [1.82, 2.24) is 0 Å². The van der Waals surface area contributed by atoms with E-state index in [0.29, 0.717) is 0 Å². The number of non-ortho nitro benzene ring substituents is 1. The van der Waals surface area contributed by atoms with Gasteiger partial charge in [0, 0.05) is 6.07 Å². The molecular formula is C7H6N2O5. The van der Waals surface area contributed by atoms with Crippen molar-refractivity contribution in [2.45, 2.75) is 0 Å². The van der Waals surface area contributed by atoms with E-state index < -0.39 is 16.8 Å². The number of primary amides is 1. The lowest BCUT2D eigenvalue weighted by Gasteiger charge is -2.02. The summed E-state index contributed by atoms with van der Waals surface area (Å²) in [6, 6.07) is 3.01. The number of rotatable bonds is 2. The Morgan fingerprint density at radius 1 is 1.57 bits per heavy atom. The first-order chi connectivity index (χ1) is 6.50. The third-order valence-electron chi connectivity index (χ3n) is 1.36. The van der Waals surface area contributed by atoms with Gasteiger partial charge in [0.1, 0.15) is 0 Å². The molecule has 0 spiro atoms. The molecule has 74 valence electrons. The number of phenolic OH excluding ortho intramolecular Hbond substituents is 1. The van der Waals surface area contributed by atoms with Gasteiger partial charge in [-0.2, -0.15) is 0 Å². The number of hydrogen-bond acceptors (Lipinski definition) is 5. The van der Waals surface area contributed by atoms with Gasteiger partial charge in [-0.25, -0.2) is 4.79 Å². The van der Waals surface area contributed by atoms with Crippen molar-refractivity contribution in [2.24, 2.45) is 5.73 Å². The van der Waals surface area contributed by atoms with E-state index in [2.05, 4.69) is 10.5 Å². The summed E-state index contributed by atoms with van der Waals surface area (Å²) in [5.41, 5.74) is 4.37. The molecule has 7 heteroatoms. The predicted molar refractivity (Wildman–Crippen MR) is 45.0 cm³/mol. The van der Waals surface area contributed by atoms with E-state index in [4.69, 9.17) is 5.11 Å². The standard InChI is InChI=1S/C7H6N2O5/c8-7(11)14-6-3-4(9(12)13)1-2-5(6)10/h1-3,10H,(H2,8,11). The fourth-order valence-corrected chi connectivity index (χ4v) is 0.806. The Hall–Kier alpha value is -2.31. The number of nitro groups is 1. The topological polar surface area (TPSA) is 116 Å². The van der Waals surface area contributed by atoms with Crippen LogP contribution in [0, 0.1) is 10.1 Å². The van der Waals surface area contributed by atoms with Gasteiger partial charge in [-0.15, -0.1) is 0 Å². The number of nitro benzene ring substituents is 1. The third-order valence-corrected chi connectivity index (χ3v) is 1.36. The molecule has 0 bridgehead atoms. The molecule has 0 radical (unpaired) electrons. The van der Waals surface area contributed by atoms with Crippen LogP contribution in [0.3, 0.4) is 0 Å². The van der Waals surface area contributed by atoms with Crippen LogP contribution in [0.5, 0.6) is 11.5 Å². The molecule has 0 aliphatic carbocycles. The number of nitrogens with zero attached hydrogens (tertiary/aromatic N) is 1. The van der Waals surface area contributed by atoms with Crippen LogP contribution in [0.25, 0.3) is 0 Å². The Morgan fingerprint density at radius 2 is 2.21 bits per heavy atom.